The molecule has 0 aliphatic heterocycles. The first kappa shape index (κ1) is 25.4. The van der Waals surface area contributed by atoms with Crippen molar-refractivity contribution in [3.8, 4) is 22.9 Å². The highest BCUT2D eigenvalue weighted by Gasteiger charge is 2.29. The number of aryl methyl sites for hydroxylation is 1. The summed E-state index contributed by atoms with van der Waals surface area (Å²) in [5.41, 5.74) is 2.64. The van der Waals surface area contributed by atoms with Crippen LogP contribution in [0, 0.1) is 17.7 Å². The summed E-state index contributed by atoms with van der Waals surface area (Å²) in [7, 11) is 1.81. The zero-order valence-corrected chi connectivity index (χ0v) is 20.9. The average Bonchev–Trinajstić information content (AvgIpc) is 3.59. The summed E-state index contributed by atoms with van der Waals surface area (Å²) in [5.74, 6) is 1.29. The molecular weight excluding hydrogens is 445 g/mol. The van der Waals surface area contributed by atoms with Gasteiger partial charge in [0, 0.05) is 38.9 Å². The van der Waals surface area contributed by atoms with E-state index in [9.17, 15) is 9.50 Å². The maximum absolute atomic E-state index is 14.4. The number of aromatic nitrogens is 2. The Morgan fingerprint density at radius 2 is 1.80 bits per heavy atom. The number of aliphatic hydroxyl groups is 1. The Balaban J connectivity index is 1.62. The number of ether oxygens (including phenoxy) is 2. The first-order valence-electron chi connectivity index (χ1n) is 12.4. The Hall–Kier alpha value is -2.74. The third kappa shape index (κ3) is 7.13. The number of hydrogen-bond acceptors (Lipinski definition) is 5. The van der Waals surface area contributed by atoms with E-state index in [-0.39, 0.29) is 5.75 Å². The van der Waals surface area contributed by atoms with E-state index in [0.29, 0.717) is 44.0 Å². The van der Waals surface area contributed by atoms with Crippen LogP contribution in [0.4, 0.5) is 4.39 Å². The number of aliphatic hydroxyl groups excluding tert-OH is 1. The Kier molecular flexibility index (Phi) is 8.55. The predicted molar refractivity (Wildman–Crippen MR) is 135 cm³/mol. The Morgan fingerprint density at radius 3 is 2.49 bits per heavy atom. The van der Waals surface area contributed by atoms with Gasteiger partial charge in [-0.15, -0.1) is 0 Å². The Bertz CT molecular complexity index is 1080. The summed E-state index contributed by atoms with van der Waals surface area (Å²) in [6.07, 6.45) is 1.81. The molecule has 0 spiro atoms. The van der Waals surface area contributed by atoms with Crippen LogP contribution in [0.2, 0.25) is 0 Å². The van der Waals surface area contributed by atoms with E-state index < -0.39 is 11.9 Å². The Labute approximate surface area is 207 Å². The van der Waals surface area contributed by atoms with Gasteiger partial charge in [-0.05, 0) is 36.8 Å². The van der Waals surface area contributed by atoms with E-state index in [2.05, 4.69) is 18.7 Å². The largest absolute Gasteiger partial charge is 0.436 e. The lowest BCUT2D eigenvalue weighted by Gasteiger charge is -2.26. The minimum atomic E-state index is -0.597. The van der Waals surface area contributed by atoms with Crippen LogP contribution >= 0.6 is 0 Å². The first-order chi connectivity index (χ1) is 16.9. The number of hydrogen-bond donors (Lipinski definition) is 1. The van der Waals surface area contributed by atoms with Gasteiger partial charge in [-0.3, -0.25) is 4.90 Å². The molecule has 1 aliphatic rings. The van der Waals surface area contributed by atoms with Crippen LogP contribution in [-0.4, -0.2) is 52.2 Å². The van der Waals surface area contributed by atoms with E-state index >= 15 is 0 Å². The molecule has 188 valence electrons. The summed E-state index contributed by atoms with van der Waals surface area (Å²) in [6, 6.07) is 16.3. The van der Waals surface area contributed by atoms with Crippen LogP contribution < -0.4 is 4.74 Å². The minimum absolute atomic E-state index is 0.159. The van der Waals surface area contributed by atoms with Crippen molar-refractivity contribution in [2.45, 2.75) is 39.3 Å². The number of benzene rings is 2. The van der Waals surface area contributed by atoms with Gasteiger partial charge >= 0.3 is 0 Å². The zero-order valence-electron chi connectivity index (χ0n) is 20.9. The second-order valence-electron chi connectivity index (χ2n) is 9.88. The minimum Gasteiger partial charge on any atom is -0.436 e. The van der Waals surface area contributed by atoms with Gasteiger partial charge in [0.2, 0.25) is 5.88 Å². The molecule has 4 rings (SSSR count). The summed E-state index contributed by atoms with van der Waals surface area (Å²) in [5, 5.41) is 15.5. The van der Waals surface area contributed by atoms with E-state index in [1.165, 1.54) is 18.9 Å². The molecule has 1 atom stereocenters. The molecule has 1 aromatic heterocycles. The highest BCUT2D eigenvalue weighted by molar-refractivity contribution is 5.65. The molecule has 0 amide bonds. The standard InChI is InChI=1S/C28H36FN3O3/c1-20(2)18-34-19-23(33)16-32(15-21-13-14-21)17-24-27(22-9-5-4-6-10-22)30-31(3)28(24)35-26-12-8-7-11-25(26)29/h4-12,20-21,23,33H,13-19H2,1-3H3/t23-/m1/s1. The van der Waals surface area contributed by atoms with Crippen LogP contribution in [0.3, 0.4) is 0 Å². The highest BCUT2D eigenvalue weighted by Crippen LogP contribution is 2.36. The van der Waals surface area contributed by atoms with Gasteiger partial charge in [-0.2, -0.15) is 5.10 Å². The van der Waals surface area contributed by atoms with Crippen LogP contribution in [0.15, 0.2) is 54.6 Å². The summed E-state index contributed by atoms with van der Waals surface area (Å²) < 4.78 is 27.9. The van der Waals surface area contributed by atoms with E-state index in [1.54, 1.807) is 22.9 Å². The van der Waals surface area contributed by atoms with E-state index in [4.69, 9.17) is 14.6 Å². The van der Waals surface area contributed by atoms with Crippen molar-refractivity contribution in [3.05, 3.63) is 66.0 Å². The molecule has 0 radical (unpaired) electrons. The quantitative estimate of drug-likeness (QED) is 0.361. The van der Waals surface area contributed by atoms with E-state index in [0.717, 1.165) is 23.4 Å². The van der Waals surface area contributed by atoms with Gasteiger partial charge in [-0.1, -0.05) is 56.3 Å². The SMILES string of the molecule is CC(C)COC[C@H](O)CN(Cc1c(-c2ccccc2)nn(C)c1Oc1ccccc1F)CC1CC1. The van der Waals surface area contributed by atoms with Crippen molar-refractivity contribution in [1.82, 2.24) is 14.7 Å². The monoisotopic (exact) mass is 481 g/mol. The van der Waals surface area contributed by atoms with Crippen LogP contribution in [-0.2, 0) is 18.3 Å². The lowest BCUT2D eigenvalue weighted by Crippen LogP contribution is -2.36. The maximum atomic E-state index is 14.4. The molecule has 1 N–H and O–H groups in total. The molecule has 1 heterocycles. The van der Waals surface area contributed by atoms with Crippen LogP contribution in [0.25, 0.3) is 11.3 Å². The number of para-hydroxylation sites is 1. The molecule has 7 heteroatoms. The van der Waals surface area contributed by atoms with Gasteiger partial charge in [-0.25, -0.2) is 9.07 Å². The predicted octanol–water partition coefficient (Wildman–Crippen LogP) is 5.26. The molecule has 6 nitrogen and oxygen atoms in total. The second kappa shape index (κ2) is 11.8. The molecule has 1 fully saturated rings. The summed E-state index contributed by atoms with van der Waals surface area (Å²) in [4.78, 5) is 2.25. The normalized spacial score (nSPS) is 14.6. The van der Waals surface area contributed by atoms with Gasteiger partial charge in [0.1, 0.15) is 5.69 Å². The van der Waals surface area contributed by atoms with Crippen molar-refractivity contribution in [1.29, 1.82) is 0 Å². The highest BCUT2D eigenvalue weighted by atomic mass is 19.1. The fourth-order valence-electron chi connectivity index (χ4n) is 4.17. The lowest BCUT2D eigenvalue weighted by molar-refractivity contribution is 0.00613. The number of rotatable bonds is 13. The molecule has 0 unspecified atom stereocenters. The fraction of sp³-hybridized carbons (Fsp3) is 0.464. The number of nitrogens with zero attached hydrogens (tertiary/aromatic N) is 3. The third-order valence-electron chi connectivity index (χ3n) is 6.00. The van der Waals surface area contributed by atoms with Crippen molar-refractivity contribution in [2.75, 3.05) is 26.3 Å². The van der Waals surface area contributed by atoms with Crippen molar-refractivity contribution in [3.63, 3.8) is 0 Å². The zero-order chi connectivity index (χ0) is 24.8. The van der Waals surface area contributed by atoms with Crippen molar-refractivity contribution >= 4 is 0 Å². The van der Waals surface area contributed by atoms with Crippen molar-refractivity contribution < 1.29 is 19.0 Å². The molecular formula is C28H36FN3O3. The Morgan fingerprint density at radius 1 is 1.09 bits per heavy atom. The van der Waals surface area contributed by atoms with E-state index in [1.807, 2.05) is 37.4 Å². The molecule has 0 saturated heterocycles. The third-order valence-corrected chi connectivity index (χ3v) is 6.00. The van der Waals surface area contributed by atoms with Crippen LogP contribution in [0.5, 0.6) is 11.6 Å². The van der Waals surface area contributed by atoms with Crippen molar-refractivity contribution in [2.24, 2.45) is 18.9 Å². The van der Waals surface area contributed by atoms with Gasteiger partial charge in [0.05, 0.1) is 18.3 Å². The maximum Gasteiger partial charge on any atom is 0.222 e. The lowest BCUT2D eigenvalue weighted by atomic mass is 10.1. The average molecular weight is 482 g/mol. The molecule has 1 saturated carbocycles. The molecule has 35 heavy (non-hydrogen) atoms. The first-order valence-corrected chi connectivity index (χ1v) is 12.4. The van der Waals surface area contributed by atoms with Gasteiger partial charge < -0.3 is 14.6 Å². The smallest absolute Gasteiger partial charge is 0.222 e. The molecule has 1 aliphatic carbocycles. The van der Waals surface area contributed by atoms with Gasteiger partial charge in [0.15, 0.2) is 11.6 Å². The summed E-state index contributed by atoms with van der Waals surface area (Å²) in [6.45, 7) is 7.00. The topological polar surface area (TPSA) is 59.8 Å². The fourth-order valence-corrected chi connectivity index (χ4v) is 4.17. The molecule has 2 aromatic carbocycles. The number of halogens is 1. The van der Waals surface area contributed by atoms with Gasteiger partial charge in [0.25, 0.3) is 0 Å². The second-order valence-corrected chi connectivity index (χ2v) is 9.88. The summed E-state index contributed by atoms with van der Waals surface area (Å²) >= 11 is 0. The molecule has 3 aromatic rings. The van der Waals surface area contributed by atoms with Crippen LogP contribution in [0.1, 0.15) is 32.3 Å². The molecule has 0 bridgehead atoms.